The van der Waals surface area contributed by atoms with E-state index in [1.165, 1.54) is 24.1 Å². The molecule has 1 aromatic carbocycles. The van der Waals surface area contributed by atoms with Crippen molar-refractivity contribution in [2.75, 3.05) is 38.2 Å². The molecule has 1 aliphatic rings. The van der Waals surface area contributed by atoms with E-state index < -0.39 is 0 Å². The SMILES string of the molecule is Cc1cc(Br)ccc1N1CCCC(N(C)CCO)C1. The fraction of sp³-hybridized carbons (Fsp3) is 0.600. The molecule has 2 rings (SSSR count). The summed E-state index contributed by atoms with van der Waals surface area (Å²) in [4.78, 5) is 4.75. The van der Waals surface area contributed by atoms with Crippen molar-refractivity contribution in [2.24, 2.45) is 0 Å². The van der Waals surface area contributed by atoms with Crippen LogP contribution < -0.4 is 4.90 Å². The second-order valence-corrected chi connectivity index (χ2v) is 6.29. The molecule has 3 nitrogen and oxygen atoms in total. The average molecular weight is 327 g/mol. The minimum atomic E-state index is 0.240. The van der Waals surface area contributed by atoms with E-state index in [2.05, 4.69) is 57.9 Å². The molecule has 0 saturated carbocycles. The van der Waals surface area contributed by atoms with Crippen molar-refractivity contribution in [1.29, 1.82) is 0 Å². The standard InChI is InChI=1S/C15H23BrN2O/c1-12-10-13(16)5-6-15(12)18-7-3-4-14(11-18)17(2)8-9-19/h5-6,10,14,19H,3-4,7-9,11H2,1-2H3. The highest BCUT2D eigenvalue weighted by Crippen LogP contribution is 2.27. The highest BCUT2D eigenvalue weighted by Gasteiger charge is 2.23. The van der Waals surface area contributed by atoms with E-state index >= 15 is 0 Å². The number of likely N-dealkylation sites (N-methyl/N-ethyl adjacent to an activating group) is 1. The van der Waals surface area contributed by atoms with Gasteiger partial charge in [-0.05, 0) is 50.6 Å². The van der Waals surface area contributed by atoms with Crippen LogP contribution in [0.5, 0.6) is 0 Å². The number of aliphatic hydroxyl groups excluding tert-OH is 1. The number of hydrogen-bond acceptors (Lipinski definition) is 3. The second-order valence-electron chi connectivity index (χ2n) is 5.38. The predicted molar refractivity (Wildman–Crippen MR) is 83.8 cm³/mol. The molecule has 4 heteroatoms. The third-order valence-electron chi connectivity index (χ3n) is 3.97. The molecule has 0 aliphatic carbocycles. The number of anilines is 1. The van der Waals surface area contributed by atoms with Gasteiger partial charge in [0.25, 0.3) is 0 Å². The van der Waals surface area contributed by atoms with Gasteiger partial charge in [-0.15, -0.1) is 0 Å². The van der Waals surface area contributed by atoms with Crippen molar-refractivity contribution < 1.29 is 5.11 Å². The minimum Gasteiger partial charge on any atom is -0.395 e. The van der Waals surface area contributed by atoms with Gasteiger partial charge in [0.1, 0.15) is 0 Å². The van der Waals surface area contributed by atoms with E-state index in [9.17, 15) is 0 Å². The van der Waals surface area contributed by atoms with Gasteiger partial charge in [-0.1, -0.05) is 15.9 Å². The molecule has 0 amide bonds. The fourth-order valence-corrected chi connectivity index (χ4v) is 3.32. The first-order valence-electron chi connectivity index (χ1n) is 6.94. The van der Waals surface area contributed by atoms with Gasteiger partial charge < -0.3 is 10.0 Å². The number of benzene rings is 1. The van der Waals surface area contributed by atoms with Crippen LogP contribution in [0.2, 0.25) is 0 Å². The maximum atomic E-state index is 9.06. The van der Waals surface area contributed by atoms with Gasteiger partial charge in [-0.2, -0.15) is 0 Å². The Kier molecular flexibility index (Phi) is 5.25. The Hall–Kier alpha value is -0.580. The lowest BCUT2D eigenvalue weighted by molar-refractivity contribution is 0.166. The second kappa shape index (κ2) is 6.73. The van der Waals surface area contributed by atoms with Gasteiger partial charge in [0.15, 0.2) is 0 Å². The summed E-state index contributed by atoms with van der Waals surface area (Å²) in [7, 11) is 2.11. The molecule has 0 aromatic heterocycles. The molecule has 0 bridgehead atoms. The third kappa shape index (κ3) is 3.71. The summed E-state index contributed by atoms with van der Waals surface area (Å²) in [5.41, 5.74) is 2.66. The average Bonchev–Trinajstić information content (AvgIpc) is 2.39. The van der Waals surface area contributed by atoms with Gasteiger partial charge >= 0.3 is 0 Å². The summed E-state index contributed by atoms with van der Waals surface area (Å²) in [5, 5.41) is 9.06. The largest absolute Gasteiger partial charge is 0.395 e. The topological polar surface area (TPSA) is 26.7 Å². The van der Waals surface area contributed by atoms with Gasteiger partial charge in [0.2, 0.25) is 0 Å². The van der Waals surface area contributed by atoms with Crippen molar-refractivity contribution in [2.45, 2.75) is 25.8 Å². The number of halogens is 1. The Morgan fingerprint density at radius 2 is 2.26 bits per heavy atom. The molecule has 1 atom stereocenters. The molecule has 1 aliphatic heterocycles. The van der Waals surface area contributed by atoms with Gasteiger partial charge in [0, 0.05) is 35.8 Å². The summed E-state index contributed by atoms with van der Waals surface area (Å²) in [6.45, 7) is 5.36. The first kappa shape index (κ1) is 14.8. The number of piperidine rings is 1. The van der Waals surface area contributed by atoms with Gasteiger partial charge in [0.05, 0.1) is 6.61 Å². The Labute approximate surface area is 124 Å². The number of nitrogens with zero attached hydrogens (tertiary/aromatic N) is 2. The highest BCUT2D eigenvalue weighted by molar-refractivity contribution is 9.10. The molecule has 1 aromatic rings. The highest BCUT2D eigenvalue weighted by atomic mass is 79.9. The fourth-order valence-electron chi connectivity index (χ4n) is 2.85. The zero-order valence-corrected chi connectivity index (χ0v) is 13.4. The summed E-state index contributed by atoms with van der Waals surface area (Å²) in [5.74, 6) is 0. The lowest BCUT2D eigenvalue weighted by Gasteiger charge is -2.39. The molecular weight excluding hydrogens is 304 g/mol. The first-order chi connectivity index (χ1) is 9.11. The van der Waals surface area contributed by atoms with Crippen molar-refractivity contribution in [1.82, 2.24) is 4.90 Å². The van der Waals surface area contributed by atoms with Crippen LogP contribution in [0.15, 0.2) is 22.7 Å². The Bertz CT molecular complexity index is 425. The number of aliphatic hydroxyl groups is 1. The van der Waals surface area contributed by atoms with Crippen molar-refractivity contribution in [3.63, 3.8) is 0 Å². The molecule has 1 heterocycles. The molecule has 0 spiro atoms. The minimum absolute atomic E-state index is 0.240. The maximum Gasteiger partial charge on any atom is 0.0558 e. The van der Waals surface area contributed by atoms with Crippen LogP contribution in [0.3, 0.4) is 0 Å². The lowest BCUT2D eigenvalue weighted by atomic mass is 10.0. The molecule has 0 radical (unpaired) electrons. The summed E-state index contributed by atoms with van der Waals surface area (Å²) in [6, 6.07) is 7.04. The van der Waals surface area contributed by atoms with Crippen LogP contribution in [-0.2, 0) is 0 Å². The quantitative estimate of drug-likeness (QED) is 0.921. The van der Waals surface area contributed by atoms with Crippen LogP contribution in [0, 0.1) is 6.92 Å². The normalized spacial score (nSPS) is 20.1. The Morgan fingerprint density at radius 3 is 2.95 bits per heavy atom. The Balaban J connectivity index is 2.08. The molecule has 1 N–H and O–H groups in total. The van der Waals surface area contributed by atoms with Crippen molar-refractivity contribution >= 4 is 21.6 Å². The third-order valence-corrected chi connectivity index (χ3v) is 4.47. The number of aryl methyl sites for hydroxylation is 1. The van der Waals surface area contributed by atoms with Gasteiger partial charge in [-0.3, -0.25) is 4.90 Å². The van der Waals surface area contributed by atoms with Crippen LogP contribution in [0.25, 0.3) is 0 Å². The van der Waals surface area contributed by atoms with E-state index in [0.717, 1.165) is 24.1 Å². The maximum absolute atomic E-state index is 9.06. The van der Waals surface area contributed by atoms with Crippen LogP contribution in [0.1, 0.15) is 18.4 Å². The molecule has 1 fully saturated rings. The van der Waals surface area contributed by atoms with E-state index in [-0.39, 0.29) is 6.61 Å². The van der Waals surface area contributed by atoms with Crippen LogP contribution in [-0.4, -0.2) is 49.3 Å². The van der Waals surface area contributed by atoms with Gasteiger partial charge in [-0.25, -0.2) is 0 Å². The zero-order valence-electron chi connectivity index (χ0n) is 11.8. The Morgan fingerprint density at radius 1 is 1.47 bits per heavy atom. The van der Waals surface area contributed by atoms with E-state index in [1.54, 1.807) is 0 Å². The summed E-state index contributed by atoms with van der Waals surface area (Å²) in [6.07, 6.45) is 2.44. The lowest BCUT2D eigenvalue weighted by Crippen LogP contribution is -2.47. The summed E-state index contributed by atoms with van der Waals surface area (Å²) < 4.78 is 1.14. The molecule has 1 unspecified atom stereocenters. The zero-order chi connectivity index (χ0) is 13.8. The van der Waals surface area contributed by atoms with E-state index in [4.69, 9.17) is 5.11 Å². The summed E-state index contributed by atoms with van der Waals surface area (Å²) >= 11 is 3.52. The number of hydrogen-bond donors (Lipinski definition) is 1. The first-order valence-corrected chi connectivity index (χ1v) is 7.73. The molecule has 106 valence electrons. The molecule has 19 heavy (non-hydrogen) atoms. The monoisotopic (exact) mass is 326 g/mol. The van der Waals surface area contributed by atoms with E-state index in [0.29, 0.717) is 6.04 Å². The number of rotatable bonds is 4. The van der Waals surface area contributed by atoms with E-state index in [1.807, 2.05) is 0 Å². The van der Waals surface area contributed by atoms with Crippen LogP contribution in [0.4, 0.5) is 5.69 Å². The van der Waals surface area contributed by atoms with Crippen molar-refractivity contribution in [3.05, 3.63) is 28.2 Å². The molecule has 1 saturated heterocycles. The van der Waals surface area contributed by atoms with Crippen LogP contribution >= 0.6 is 15.9 Å². The molecular formula is C15H23BrN2O. The predicted octanol–water partition coefficient (Wildman–Crippen LogP) is 2.65. The smallest absolute Gasteiger partial charge is 0.0558 e. The van der Waals surface area contributed by atoms with Crippen molar-refractivity contribution in [3.8, 4) is 0 Å².